The molecule has 3 aromatic rings. The predicted molar refractivity (Wildman–Crippen MR) is 183 cm³/mol. The van der Waals surface area contributed by atoms with Crippen molar-refractivity contribution in [1.82, 2.24) is 0 Å². The molecule has 13 heteroatoms. The zero-order valence-corrected chi connectivity index (χ0v) is 29.6. The number of carbonyl (C=O) groups excluding carboxylic acids is 3. The van der Waals surface area contributed by atoms with Crippen LogP contribution in [0.15, 0.2) is 91.0 Å². The number of hydrogen-bond donors (Lipinski definition) is 1. The number of carbonyl (C=O) groups is 3. The maximum Gasteiger partial charge on any atom is 0.303 e. The average molecular weight is 723 g/mol. The molecule has 0 amide bonds. The second-order valence-electron chi connectivity index (χ2n) is 12.6. The summed E-state index contributed by atoms with van der Waals surface area (Å²) in [6.07, 6.45) is -11.4. The van der Waals surface area contributed by atoms with Crippen LogP contribution in [0.3, 0.4) is 0 Å². The molecule has 0 aromatic heterocycles. The van der Waals surface area contributed by atoms with Gasteiger partial charge in [0.05, 0.1) is 25.9 Å². The Morgan fingerprint density at radius 3 is 1.52 bits per heavy atom. The minimum absolute atomic E-state index is 0.136. The summed E-state index contributed by atoms with van der Waals surface area (Å²) in [5, 5.41) is 11.3. The van der Waals surface area contributed by atoms with Crippen molar-refractivity contribution in [2.24, 2.45) is 0 Å². The van der Waals surface area contributed by atoms with Crippen LogP contribution in [0.5, 0.6) is 0 Å². The number of ether oxygens (including phenoxy) is 9. The van der Waals surface area contributed by atoms with Crippen molar-refractivity contribution >= 4 is 17.9 Å². The number of aliphatic hydroxyl groups is 1. The standard InChI is InChI=1S/C39H46O13/c1-24-32(45-20-28-14-8-5-9-15-28)34(46-21-29-16-10-6-11-17-29)37(47-22-30-18-12-7-13-19-30)39(48-24)52-36-35(50-27(4)42)33(49-26(3)41)31(51-38(36)43)23-44-25(2)40/h5-19,24,31-39,43H,20-23H2,1-4H3/t24-,31+,32+,33-,34-,35-,36-,37-,38-,39+/m0/s1. The predicted octanol–water partition coefficient (Wildman–Crippen LogP) is 4.02. The molecule has 1 N–H and O–H groups in total. The van der Waals surface area contributed by atoms with E-state index in [0.29, 0.717) is 0 Å². The van der Waals surface area contributed by atoms with E-state index in [4.69, 9.17) is 42.6 Å². The first-order valence-corrected chi connectivity index (χ1v) is 17.2. The molecule has 13 nitrogen and oxygen atoms in total. The number of esters is 3. The smallest absolute Gasteiger partial charge is 0.303 e. The van der Waals surface area contributed by atoms with E-state index < -0.39 is 85.9 Å². The molecule has 0 bridgehead atoms. The van der Waals surface area contributed by atoms with Gasteiger partial charge in [0.25, 0.3) is 0 Å². The molecule has 10 atom stereocenters. The molecule has 5 rings (SSSR count). The largest absolute Gasteiger partial charge is 0.463 e. The second-order valence-corrected chi connectivity index (χ2v) is 12.6. The molecule has 2 saturated heterocycles. The fourth-order valence-electron chi connectivity index (χ4n) is 6.17. The molecule has 2 heterocycles. The van der Waals surface area contributed by atoms with Crippen molar-refractivity contribution in [3.63, 3.8) is 0 Å². The second kappa shape index (κ2) is 19.0. The van der Waals surface area contributed by atoms with Gasteiger partial charge in [0.1, 0.15) is 31.0 Å². The SMILES string of the molecule is CC(=O)OC[C@H]1O[C@H](O)[C@@H](O[C@H]2O[C@@H](C)[C@@H](OCc3ccccc3)[C@H](OCc3ccccc3)[C@@H]2OCc2ccccc2)[C@@H](OC(C)=O)[C@H]1OC(C)=O. The summed E-state index contributed by atoms with van der Waals surface area (Å²) in [5.74, 6) is -2.10. The number of benzene rings is 3. The van der Waals surface area contributed by atoms with Gasteiger partial charge in [-0.15, -0.1) is 0 Å². The van der Waals surface area contributed by atoms with E-state index in [0.717, 1.165) is 30.5 Å². The van der Waals surface area contributed by atoms with E-state index in [-0.39, 0.29) is 19.8 Å². The maximum absolute atomic E-state index is 12.4. The van der Waals surface area contributed by atoms with E-state index in [2.05, 4.69) is 0 Å². The van der Waals surface area contributed by atoms with Crippen LogP contribution in [-0.2, 0) is 76.8 Å². The Hall–Kier alpha value is -4.21. The summed E-state index contributed by atoms with van der Waals surface area (Å²) in [6.45, 7) is 5.54. The third-order valence-electron chi connectivity index (χ3n) is 8.54. The quantitative estimate of drug-likeness (QED) is 0.178. The molecular weight excluding hydrogens is 676 g/mol. The molecule has 0 aliphatic carbocycles. The maximum atomic E-state index is 12.4. The van der Waals surface area contributed by atoms with Crippen LogP contribution in [0, 0.1) is 0 Å². The lowest BCUT2D eigenvalue weighted by molar-refractivity contribution is -0.369. The lowest BCUT2D eigenvalue weighted by atomic mass is 9.96. The highest BCUT2D eigenvalue weighted by molar-refractivity contribution is 5.68. The van der Waals surface area contributed by atoms with Crippen LogP contribution >= 0.6 is 0 Å². The lowest BCUT2D eigenvalue weighted by Crippen LogP contribution is -2.65. The van der Waals surface area contributed by atoms with Crippen molar-refractivity contribution in [1.29, 1.82) is 0 Å². The Morgan fingerprint density at radius 2 is 1.04 bits per heavy atom. The van der Waals surface area contributed by atoms with E-state index in [1.807, 2.05) is 97.9 Å². The first-order valence-electron chi connectivity index (χ1n) is 17.2. The summed E-state index contributed by atoms with van der Waals surface area (Å²) >= 11 is 0. The molecular formula is C39H46O13. The van der Waals surface area contributed by atoms with Gasteiger partial charge in [-0.1, -0.05) is 91.0 Å². The van der Waals surface area contributed by atoms with Crippen molar-refractivity contribution in [2.75, 3.05) is 6.61 Å². The Balaban J connectivity index is 1.48. The van der Waals surface area contributed by atoms with Gasteiger partial charge in [-0.2, -0.15) is 0 Å². The molecule has 0 spiro atoms. The van der Waals surface area contributed by atoms with Crippen LogP contribution in [-0.4, -0.2) is 91.0 Å². The highest BCUT2D eigenvalue weighted by atomic mass is 16.8. The third kappa shape index (κ3) is 10.9. The summed E-state index contributed by atoms with van der Waals surface area (Å²) in [6, 6.07) is 28.8. The molecule has 0 radical (unpaired) electrons. The normalized spacial score (nSPS) is 28.8. The zero-order valence-electron chi connectivity index (χ0n) is 29.6. The molecule has 0 saturated carbocycles. The summed E-state index contributed by atoms with van der Waals surface area (Å²) in [4.78, 5) is 36.3. The van der Waals surface area contributed by atoms with E-state index >= 15 is 0 Å². The molecule has 2 fully saturated rings. The summed E-state index contributed by atoms with van der Waals surface area (Å²) in [5.41, 5.74) is 2.73. The van der Waals surface area contributed by atoms with Crippen molar-refractivity contribution in [2.45, 2.75) is 109 Å². The highest BCUT2D eigenvalue weighted by Gasteiger charge is 2.55. The van der Waals surface area contributed by atoms with Crippen molar-refractivity contribution < 1.29 is 62.1 Å². The third-order valence-corrected chi connectivity index (χ3v) is 8.54. The van der Waals surface area contributed by atoms with E-state index in [1.165, 1.54) is 6.92 Å². The van der Waals surface area contributed by atoms with Crippen LogP contribution in [0.1, 0.15) is 44.4 Å². The Bertz CT molecular complexity index is 1560. The van der Waals surface area contributed by atoms with Crippen LogP contribution < -0.4 is 0 Å². The van der Waals surface area contributed by atoms with Gasteiger partial charge >= 0.3 is 17.9 Å². The number of aliphatic hydroxyl groups excluding tert-OH is 1. The highest BCUT2D eigenvalue weighted by Crippen LogP contribution is 2.35. The first-order chi connectivity index (χ1) is 25.1. The van der Waals surface area contributed by atoms with Crippen LogP contribution in [0.4, 0.5) is 0 Å². The summed E-state index contributed by atoms with van der Waals surface area (Å²) in [7, 11) is 0. The van der Waals surface area contributed by atoms with Gasteiger partial charge in [0.15, 0.2) is 30.9 Å². The first kappa shape index (κ1) is 39.0. The molecule has 3 aromatic carbocycles. The van der Waals surface area contributed by atoms with Crippen LogP contribution in [0.2, 0.25) is 0 Å². The monoisotopic (exact) mass is 722 g/mol. The van der Waals surface area contributed by atoms with Gasteiger partial charge < -0.3 is 47.7 Å². The minimum atomic E-state index is -1.75. The van der Waals surface area contributed by atoms with E-state index in [1.54, 1.807) is 0 Å². The number of hydrogen-bond acceptors (Lipinski definition) is 13. The number of rotatable bonds is 15. The fraction of sp³-hybridized carbons (Fsp3) is 0.462. The van der Waals surface area contributed by atoms with E-state index in [9.17, 15) is 19.5 Å². The topological polar surface area (TPSA) is 155 Å². The van der Waals surface area contributed by atoms with Crippen LogP contribution in [0.25, 0.3) is 0 Å². The molecule has 2 aliphatic heterocycles. The Kier molecular flexibility index (Phi) is 14.3. The fourth-order valence-corrected chi connectivity index (χ4v) is 6.17. The molecule has 52 heavy (non-hydrogen) atoms. The average Bonchev–Trinajstić information content (AvgIpc) is 3.12. The van der Waals surface area contributed by atoms with Gasteiger partial charge in [-0.05, 0) is 23.6 Å². The molecule has 0 unspecified atom stereocenters. The van der Waals surface area contributed by atoms with Crippen molar-refractivity contribution in [3.8, 4) is 0 Å². The molecule has 280 valence electrons. The minimum Gasteiger partial charge on any atom is -0.463 e. The van der Waals surface area contributed by atoms with Gasteiger partial charge in [0, 0.05) is 20.8 Å². The zero-order chi connectivity index (χ0) is 37.0. The van der Waals surface area contributed by atoms with Crippen molar-refractivity contribution in [3.05, 3.63) is 108 Å². The Morgan fingerprint density at radius 1 is 0.577 bits per heavy atom. The lowest BCUT2D eigenvalue weighted by Gasteiger charge is -2.48. The Labute approximate surface area is 302 Å². The molecule has 2 aliphatic rings. The van der Waals surface area contributed by atoms with Gasteiger partial charge in [0.2, 0.25) is 0 Å². The summed E-state index contributed by atoms with van der Waals surface area (Å²) < 4.78 is 54.6. The van der Waals surface area contributed by atoms with Gasteiger partial charge in [-0.3, -0.25) is 14.4 Å². The van der Waals surface area contributed by atoms with Gasteiger partial charge in [-0.25, -0.2) is 0 Å².